The molecule has 1 fully saturated rings. The Morgan fingerprint density at radius 3 is 2.85 bits per heavy atom. The zero-order chi connectivity index (χ0) is 24.0. The van der Waals surface area contributed by atoms with E-state index in [0.717, 1.165) is 25.2 Å². The van der Waals surface area contributed by atoms with Gasteiger partial charge in [-0.25, -0.2) is 0 Å². The lowest BCUT2D eigenvalue weighted by atomic mass is 9.83. The number of aromatic hydroxyl groups is 1. The zero-order valence-corrected chi connectivity index (χ0v) is 18.9. The molecule has 5 rings (SSSR count). The lowest BCUT2D eigenvalue weighted by Gasteiger charge is -2.42. The first kappa shape index (κ1) is 22.1. The molecular weight excluding hydrogens is 438 g/mol. The van der Waals surface area contributed by atoms with Crippen LogP contribution in [0.15, 0.2) is 50.7 Å². The molecule has 0 spiro atoms. The number of aryl methyl sites for hydroxylation is 1. The summed E-state index contributed by atoms with van der Waals surface area (Å²) in [5.74, 6) is -0.861. The lowest BCUT2D eigenvalue weighted by molar-refractivity contribution is -0.118. The molecule has 2 aliphatic rings. The Morgan fingerprint density at radius 1 is 1.29 bits per heavy atom. The number of amides is 1. The van der Waals surface area contributed by atoms with Crippen LogP contribution >= 0.6 is 0 Å². The van der Waals surface area contributed by atoms with Crippen LogP contribution in [0, 0.1) is 5.92 Å². The summed E-state index contributed by atoms with van der Waals surface area (Å²) in [7, 11) is 1.73. The molecule has 0 unspecified atom stereocenters. The molecule has 1 amide bonds. The monoisotopic (exact) mass is 465 g/mol. The summed E-state index contributed by atoms with van der Waals surface area (Å²) in [5.41, 5.74) is 6.58. The molecule has 0 saturated carbocycles. The van der Waals surface area contributed by atoms with Crippen LogP contribution < -0.4 is 16.7 Å². The molecule has 5 heterocycles. The number of pyridine rings is 1. The van der Waals surface area contributed by atoms with Crippen LogP contribution in [0.3, 0.4) is 0 Å². The van der Waals surface area contributed by atoms with Gasteiger partial charge in [0.2, 0.25) is 17.1 Å². The number of hydrogen-bond donors (Lipinski definition) is 2. The maximum Gasteiger partial charge on any atom is 0.250 e. The Labute approximate surface area is 195 Å². The van der Waals surface area contributed by atoms with Gasteiger partial charge in [0.15, 0.2) is 5.76 Å². The number of carbonyl (C=O) groups excluding carboxylic acids is 1. The molecular formula is C24H27N5O5. The van der Waals surface area contributed by atoms with Crippen molar-refractivity contribution in [1.82, 2.24) is 19.2 Å². The Morgan fingerprint density at radius 2 is 2.12 bits per heavy atom. The van der Waals surface area contributed by atoms with Crippen LogP contribution in [-0.2, 0) is 24.9 Å². The third-order valence-electron chi connectivity index (χ3n) is 6.78. The highest BCUT2D eigenvalue weighted by Gasteiger charge is 2.35. The number of nitrogens with zero attached hydrogens (tertiary/aromatic N) is 4. The summed E-state index contributed by atoms with van der Waals surface area (Å²) in [6.45, 7) is 2.55. The van der Waals surface area contributed by atoms with Crippen molar-refractivity contribution in [2.75, 3.05) is 13.1 Å². The van der Waals surface area contributed by atoms with Crippen LogP contribution in [0.2, 0.25) is 0 Å². The number of nitrogens with two attached hydrogens (primary N) is 1. The largest absolute Gasteiger partial charge is 0.502 e. The van der Waals surface area contributed by atoms with Crippen LogP contribution in [0.5, 0.6) is 5.75 Å². The van der Waals surface area contributed by atoms with Gasteiger partial charge in [-0.1, -0.05) is 6.07 Å². The summed E-state index contributed by atoms with van der Waals surface area (Å²) < 4.78 is 9.48. The minimum atomic E-state index is -0.724. The third-order valence-corrected chi connectivity index (χ3v) is 6.78. The highest BCUT2D eigenvalue weighted by atomic mass is 16.4. The molecule has 10 nitrogen and oxygen atoms in total. The number of primary amides is 1. The fraction of sp³-hybridized carbons (Fsp3) is 0.417. The third kappa shape index (κ3) is 4.16. The van der Waals surface area contributed by atoms with Crippen molar-refractivity contribution in [2.24, 2.45) is 18.7 Å². The first-order chi connectivity index (χ1) is 16.3. The first-order valence-corrected chi connectivity index (χ1v) is 11.3. The van der Waals surface area contributed by atoms with E-state index in [1.807, 2.05) is 10.6 Å². The fourth-order valence-corrected chi connectivity index (χ4v) is 5.40. The van der Waals surface area contributed by atoms with Gasteiger partial charge in [-0.15, -0.1) is 0 Å². The molecule has 0 aromatic carbocycles. The summed E-state index contributed by atoms with van der Waals surface area (Å²) in [6.07, 6.45) is 4.15. The van der Waals surface area contributed by atoms with Crippen molar-refractivity contribution in [1.29, 1.82) is 0 Å². The number of piperidine rings is 1. The predicted octanol–water partition coefficient (Wildman–Crippen LogP) is 0.867. The molecule has 3 N–H and O–H groups in total. The SMILES string of the molecule is Cn1cc([C@H](CC(N)=O)c2oc(CN3C[C@H]4C[C@@H](C3)c3cccc(=O)n3C4)cc(=O)c2O)cn1. The molecule has 0 aliphatic carbocycles. The van der Waals surface area contributed by atoms with Gasteiger partial charge >= 0.3 is 0 Å². The average molecular weight is 466 g/mol. The highest BCUT2D eigenvalue weighted by Crippen LogP contribution is 2.36. The number of likely N-dealkylation sites (tertiary alicyclic amines) is 1. The van der Waals surface area contributed by atoms with Gasteiger partial charge in [0.05, 0.1) is 18.7 Å². The van der Waals surface area contributed by atoms with E-state index in [2.05, 4.69) is 10.00 Å². The number of aromatic nitrogens is 3. The minimum Gasteiger partial charge on any atom is -0.502 e. The van der Waals surface area contributed by atoms with Crippen molar-refractivity contribution in [3.05, 3.63) is 80.0 Å². The van der Waals surface area contributed by atoms with E-state index in [0.29, 0.717) is 30.3 Å². The molecule has 0 radical (unpaired) electrons. The number of carbonyl (C=O) groups is 1. The standard InChI is InChI=1S/C24H27N5O5/c1-27-11-16(8-26-27)18(7-21(25)31)24-23(33)20(30)6-17(34-24)13-28-9-14-5-15(12-28)19-3-2-4-22(32)29(19)10-14/h2-4,6,8,11,14-15,18,33H,5,7,9-10,12-13H2,1H3,(H2,25,31)/t14-,15+,18+/m1/s1. The quantitative estimate of drug-likeness (QED) is 0.551. The van der Waals surface area contributed by atoms with Crippen LogP contribution in [0.1, 0.15) is 47.5 Å². The topological polar surface area (TPSA) is 137 Å². The normalized spacial score (nSPS) is 20.6. The number of hydrogen-bond acceptors (Lipinski definition) is 7. The van der Waals surface area contributed by atoms with Gasteiger partial charge in [0.25, 0.3) is 5.56 Å². The molecule has 10 heteroatoms. The highest BCUT2D eigenvalue weighted by molar-refractivity contribution is 5.75. The summed E-state index contributed by atoms with van der Waals surface area (Å²) in [4.78, 5) is 38.9. The van der Waals surface area contributed by atoms with Crippen LogP contribution in [0.4, 0.5) is 0 Å². The summed E-state index contributed by atoms with van der Waals surface area (Å²) >= 11 is 0. The van der Waals surface area contributed by atoms with Crippen LogP contribution in [-0.4, -0.2) is 43.4 Å². The molecule has 3 aromatic heterocycles. The molecule has 2 aliphatic heterocycles. The second-order valence-electron chi connectivity index (χ2n) is 9.35. The van der Waals surface area contributed by atoms with Crippen molar-refractivity contribution in [3.8, 4) is 5.75 Å². The number of rotatable bonds is 6. The van der Waals surface area contributed by atoms with E-state index in [1.165, 1.54) is 6.07 Å². The Bertz CT molecular complexity index is 1360. The minimum absolute atomic E-state index is 0.0170. The van der Waals surface area contributed by atoms with Gasteiger partial charge in [-0.3, -0.25) is 24.0 Å². The molecule has 3 atom stereocenters. The van der Waals surface area contributed by atoms with E-state index in [4.69, 9.17) is 10.2 Å². The van der Waals surface area contributed by atoms with E-state index >= 15 is 0 Å². The second kappa shape index (κ2) is 8.60. The van der Waals surface area contributed by atoms with E-state index in [9.17, 15) is 19.5 Å². The van der Waals surface area contributed by atoms with Gasteiger partial charge in [0, 0.05) is 68.6 Å². The predicted molar refractivity (Wildman–Crippen MR) is 122 cm³/mol. The van der Waals surface area contributed by atoms with E-state index in [-0.39, 0.29) is 23.7 Å². The summed E-state index contributed by atoms with van der Waals surface area (Å²) in [5, 5.41) is 14.6. The molecule has 3 aromatic rings. The van der Waals surface area contributed by atoms with E-state index in [1.54, 1.807) is 36.3 Å². The zero-order valence-electron chi connectivity index (χ0n) is 18.9. The second-order valence-corrected chi connectivity index (χ2v) is 9.35. The Balaban J connectivity index is 1.44. The summed E-state index contributed by atoms with van der Waals surface area (Å²) in [6, 6.07) is 6.70. The Hall–Kier alpha value is -3.66. The van der Waals surface area contributed by atoms with Crippen molar-refractivity contribution in [2.45, 2.75) is 37.8 Å². The van der Waals surface area contributed by atoms with Gasteiger partial charge in [-0.05, 0) is 18.4 Å². The first-order valence-electron chi connectivity index (χ1n) is 11.3. The molecule has 34 heavy (non-hydrogen) atoms. The molecule has 1 saturated heterocycles. The maximum absolute atomic E-state index is 12.6. The van der Waals surface area contributed by atoms with Gasteiger partial charge in [0.1, 0.15) is 5.76 Å². The Kier molecular flexibility index (Phi) is 5.60. The van der Waals surface area contributed by atoms with Crippen molar-refractivity contribution in [3.63, 3.8) is 0 Å². The molecule has 2 bridgehead atoms. The van der Waals surface area contributed by atoms with Crippen LogP contribution in [0.25, 0.3) is 0 Å². The van der Waals surface area contributed by atoms with Crippen molar-refractivity contribution >= 4 is 5.91 Å². The smallest absolute Gasteiger partial charge is 0.250 e. The van der Waals surface area contributed by atoms with Gasteiger partial charge in [-0.2, -0.15) is 5.10 Å². The molecule has 178 valence electrons. The fourth-order valence-electron chi connectivity index (χ4n) is 5.40. The number of fused-ring (bicyclic) bond motifs is 4. The van der Waals surface area contributed by atoms with E-state index < -0.39 is 23.0 Å². The van der Waals surface area contributed by atoms with Crippen molar-refractivity contribution < 1.29 is 14.3 Å². The van der Waals surface area contributed by atoms with Gasteiger partial charge < -0.3 is 19.8 Å². The lowest BCUT2D eigenvalue weighted by Crippen LogP contribution is -2.46. The maximum atomic E-state index is 12.6. The average Bonchev–Trinajstić information content (AvgIpc) is 3.21.